The maximum absolute atomic E-state index is 4.64. The second-order valence-corrected chi connectivity index (χ2v) is 6.84. The average molecular weight is 280 g/mol. The lowest BCUT2D eigenvalue weighted by Crippen LogP contribution is -2.43. The molecule has 1 unspecified atom stereocenters. The van der Waals surface area contributed by atoms with E-state index in [0.717, 1.165) is 17.1 Å². The van der Waals surface area contributed by atoms with Crippen LogP contribution in [0.25, 0.3) is 10.9 Å². The highest BCUT2D eigenvalue weighted by Gasteiger charge is 2.46. The number of nitrogens with zero attached hydrogens (tertiary/aromatic N) is 1. The minimum absolute atomic E-state index is 0.232. The van der Waals surface area contributed by atoms with E-state index in [2.05, 4.69) is 47.6 Å². The third kappa shape index (κ3) is 2.36. The van der Waals surface area contributed by atoms with Crippen LogP contribution in [0, 0.1) is 12.8 Å². The average Bonchev–Trinajstić information content (AvgIpc) is 3.33. The summed E-state index contributed by atoms with van der Waals surface area (Å²) in [5.41, 5.74) is 3.94. The zero-order chi connectivity index (χ0) is 14.3. The SMILES string of the molecule is Cc1ccc2cc(C3(C4CC4)CCCCCN3)ccc2n1. The zero-order valence-electron chi connectivity index (χ0n) is 12.9. The third-order valence-corrected chi connectivity index (χ3v) is 5.31. The molecule has 2 fully saturated rings. The number of rotatable bonds is 2. The second-order valence-electron chi connectivity index (χ2n) is 6.84. The van der Waals surface area contributed by atoms with Crippen molar-refractivity contribution in [1.82, 2.24) is 10.3 Å². The van der Waals surface area contributed by atoms with Crippen LogP contribution in [0.1, 0.15) is 49.8 Å². The van der Waals surface area contributed by atoms with E-state index in [1.807, 2.05) is 0 Å². The normalized spacial score (nSPS) is 26.7. The number of aromatic nitrogens is 1. The molecule has 1 saturated heterocycles. The Labute approximate surface area is 127 Å². The fraction of sp³-hybridized carbons (Fsp3) is 0.526. The van der Waals surface area contributed by atoms with Gasteiger partial charge in [-0.3, -0.25) is 4.98 Å². The molecule has 1 aromatic carbocycles. The maximum Gasteiger partial charge on any atom is 0.0705 e. The predicted molar refractivity (Wildman–Crippen MR) is 87.4 cm³/mol. The number of nitrogens with one attached hydrogen (secondary N) is 1. The van der Waals surface area contributed by atoms with Gasteiger partial charge in [-0.05, 0) is 68.8 Å². The van der Waals surface area contributed by atoms with Crippen LogP contribution in [0.5, 0.6) is 0 Å². The highest BCUT2D eigenvalue weighted by molar-refractivity contribution is 5.79. The summed E-state index contributed by atoms with van der Waals surface area (Å²) in [7, 11) is 0. The lowest BCUT2D eigenvalue weighted by molar-refractivity contribution is 0.279. The number of pyridine rings is 1. The van der Waals surface area contributed by atoms with Crippen molar-refractivity contribution in [3.63, 3.8) is 0 Å². The molecule has 1 aliphatic carbocycles. The summed E-state index contributed by atoms with van der Waals surface area (Å²) >= 11 is 0. The molecule has 1 atom stereocenters. The van der Waals surface area contributed by atoms with Crippen LogP contribution in [0.3, 0.4) is 0 Å². The van der Waals surface area contributed by atoms with Crippen molar-refractivity contribution in [1.29, 1.82) is 0 Å². The summed E-state index contributed by atoms with van der Waals surface area (Å²) in [6.45, 7) is 3.23. The lowest BCUT2D eigenvalue weighted by atomic mass is 9.80. The first kappa shape index (κ1) is 13.3. The Bertz CT molecular complexity index is 650. The minimum Gasteiger partial charge on any atom is -0.307 e. The second kappa shape index (κ2) is 5.10. The first-order valence-corrected chi connectivity index (χ1v) is 8.41. The van der Waals surface area contributed by atoms with E-state index in [9.17, 15) is 0 Å². The summed E-state index contributed by atoms with van der Waals surface area (Å²) in [6, 6.07) is 11.3. The Morgan fingerprint density at radius 2 is 2.00 bits per heavy atom. The van der Waals surface area contributed by atoms with Gasteiger partial charge >= 0.3 is 0 Å². The van der Waals surface area contributed by atoms with E-state index in [4.69, 9.17) is 0 Å². The van der Waals surface area contributed by atoms with E-state index in [-0.39, 0.29) is 5.54 Å². The molecule has 2 heteroatoms. The molecule has 2 aromatic rings. The molecule has 21 heavy (non-hydrogen) atoms. The maximum atomic E-state index is 4.64. The molecule has 110 valence electrons. The molecule has 2 aliphatic rings. The van der Waals surface area contributed by atoms with Crippen LogP contribution in [-0.2, 0) is 5.54 Å². The van der Waals surface area contributed by atoms with E-state index in [1.165, 1.54) is 56.0 Å². The summed E-state index contributed by atoms with van der Waals surface area (Å²) in [4.78, 5) is 4.64. The topological polar surface area (TPSA) is 24.9 Å². The number of benzene rings is 1. The monoisotopic (exact) mass is 280 g/mol. The molecule has 0 amide bonds. The van der Waals surface area contributed by atoms with Crippen molar-refractivity contribution in [3.05, 3.63) is 41.6 Å². The van der Waals surface area contributed by atoms with Crippen molar-refractivity contribution in [2.45, 2.75) is 51.0 Å². The van der Waals surface area contributed by atoms with E-state index in [0.29, 0.717) is 0 Å². The highest BCUT2D eigenvalue weighted by atomic mass is 15.0. The number of hydrogen-bond acceptors (Lipinski definition) is 2. The Kier molecular flexibility index (Phi) is 3.22. The minimum atomic E-state index is 0.232. The Balaban J connectivity index is 1.80. The third-order valence-electron chi connectivity index (χ3n) is 5.31. The number of aryl methyl sites for hydroxylation is 1. The van der Waals surface area contributed by atoms with Gasteiger partial charge < -0.3 is 5.32 Å². The fourth-order valence-corrected chi connectivity index (χ4v) is 4.02. The molecule has 1 aromatic heterocycles. The number of fused-ring (bicyclic) bond motifs is 1. The van der Waals surface area contributed by atoms with Crippen LogP contribution in [0.15, 0.2) is 30.3 Å². The van der Waals surface area contributed by atoms with Gasteiger partial charge in [0.1, 0.15) is 0 Å². The first-order chi connectivity index (χ1) is 10.3. The highest BCUT2D eigenvalue weighted by Crippen LogP contribution is 2.49. The van der Waals surface area contributed by atoms with Crippen molar-refractivity contribution < 1.29 is 0 Å². The van der Waals surface area contributed by atoms with Crippen LogP contribution >= 0.6 is 0 Å². The molecule has 0 bridgehead atoms. The van der Waals surface area contributed by atoms with Gasteiger partial charge in [-0.1, -0.05) is 25.0 Å². The molecule has 0 radical (unpaired) electrons. The van der Waals surface area contributed by atoms with Gasteiger partial charge in [-0.2, -0.15) is 0 Å². The van der Waals surface area contributed by atoms with E-state index in [1.54, 1.807) is 0 Å². The molecular formula is C19H24N2. The van der Waals surface area contributed by atoms with Crippen LogP contribution < -0.4 is 5.32 Å². The molecule has 4 rings (SSSR count). The van der Waals surface area contributed by atoms with Crippen LogP contribution in [0.4, 0.5) is 0 Å². The molecule has 2 nitrogen and oxygen atoms in total. The fourth-order valence-electron chi connectivity index (χ4n) is 4.02. The standard InChI is InChI=1S/C19H24N2/c1-14-5-6-15-13-17(9-10-18(15)21-14)19(16-7-8-16)11-3-2-4-12-20-19/h5-6,9-10,13,16,20H,2-4,7-8,11-12H2,1H3. The van der Waals surface area contributed by atoms with Crippen molar-refractivity contribution in [3.8, 4) is 0 Å². The first-order valence-electron chi connectivity index (χ1n) is 8.41. The summed E-state index contributed by atoms with van der Waals surface area (Å²) in [5.74, 6) is 0.839. The quantitative estimate of drug-likeness (QED) is 0.886. The summed E-state index contributed by atoms with van der Waals surface area (Å²) < 4.78 is 0. The van der Waals surface area contributed by atoms with Gasteiger partial charge in [0.25, 0.3) is 0 Å². The van der Waals surface area contributed by atoms with Gasteiger partial charge in [-0.25, -0.2) is 0 Å². The van der Waals surface area contributed by atoms with Gasteiger partial charge in [0.2, 0.25) is 0 Å². The van der Waals surface area contributed by atoms with E-state index < -0.39 is 0 Å². The largest absolute Gasteiger partial charge is 0.307 e. The van der Waals surface area contributed by atoms with Gasteiger partial charge in [0.05, 0.1) is 5.52 Å². The van der Waals surface area contributed by atoms with Gasteiger partial charge in [0, 0.05) is 16.6 Å². The predicted octanol–water partition coefficient (Wildman–Crippen LogP) is 4.31. The molecule has 1 N–H and O–H groups in total. The summed E-state index contributed by atoms with van der Waals surface area (Å²) in [5, 5.41) is 5.21. The molecule has 1 saturated carbocycles. The van der Waals surface area contributed by atoms with Gasteiger partial charge in [0.15, 0.2) is 0 Å². The van der Waals surface area contributed by atoms with E-state index >= 15 is 0 Å². The molecule has 0 spiro atoms. The molecule has 2 heterocycles. The van der Waals surface area contributed by atoms with Gasteiger partial charge in [-0.15, -0.1) is 0 Å². The molecule has 1 aliphatic heterocycles. The lowest BCUT2D eigenvalue weighted by Gasteiger charge is -2.35. The van der Waals surface area contributed by atoms with Crippen molar-refractivity contribution in [2.24, 2.45) is 5.92 Å². The zero-order valence-corrected chi connectivity index (χ0v) is 12.9. The smallest absolute Gasteiger partial charge is 0.0705 e. The Morgan fingerprint density at radius 3 is 2.86 bits per heavy atom. The Hall–Kier alpha value is -1.41. The van der Waals surface area contributed by atoms with Crippen LogP contribution in [0.2, 0.25) is 0 Å². The van der Waals surface area contributed by atoms with Crippen LogP contribution in [-0.4, -0.2) is 11.5 Å². The van der Waals surface area contributed by atoms with Crippen molar-refractivity contribution in [2.75, 3.05) is 6.54 Å². The molecular weight excluding hydrogens is 256 g/mol. The summed E-state index contributed by atoms with van der Waals surface area (Å²) in [6.07, 6.45) is 8.11. The Morgan fingerprint density at radius 1 is 1.10 bits per heavy atom. The number of hydrogen-bond donors (Lipinski definition) is 1. The van der Waals surface area contributed by atoms with Crippen molar-refractivity contribution >= 4 is 10.9 Å².